The molecule has 0 bridgehead atoms. The van der Waals surface area contributed by atoms with Gasteiger partial charge in [-0.25, -0.2) is 0 Å². The normalized spacial score (nSPS) is 24.2. The predicted molar refractivity (Wildman–Crippen MR) is 81.8 cm³/mol. The smallest absolute Gasteiger partial charge is 0.143 e. The number of aromatic hydroxyl groups is 1. The molecule has 0 radical (unpaired) electrons. The molecule has 0 heterocycles. The third-order valence-electron chi connectivity index (χ3n) is 3.76. The number of phenolic OH excluding ortho intramolecular Hbond substituents is 1. The van der Waals surface area contributed by atoms with E-state index in [0.717, 1.165) is 21.4 Å². The minimum Gasteiger partial charge on any atom is -0.506 e. The van der Waals surface area contributed by atoms with Crippen LogP contribution in [0, 0.1) is 5.92 Å². The first-order chi connectivity index (χ1) is 8.58. The van der Waals surface area contributed by atoms with Crippen LogP contribution in [0.4, 0.5) is 0 Å². The molecule has 1 aromatic carbocycles. The van der Waals surface area contributed by atoms with Crippen LogP contribution in [-0.2, 0) is 6.54 Å². The second-order valence-electron chi connectivity index (χ2n) is 5.16. The third-order valence-corrected chi connectivity index (χ3v) is 4.97. The van der Waals surface area contributed by atoms with Gasteiger partial charge in [0.25, 0.3) is 0 Å². The zero-order valence-corrected chi connectivity index (χ0v) is 13.7. The molecule has 2 unspecified atom stereocenters. The van der Waals surface area contributed by atoms with Crippen LogP contribution < -0.4 is 5.32 Å². The number of hydrogen-bond acceptors (Lipinski definition) is 2. The van der Waals surface area contributed by atoms with Gasteiger partial charge in [0.15, 0.2) is 0 Å². The van der Waals surface area contributed by atoms with Gasteiger partial charge >= 0.3 is 0 Å². The van der Waals surface area contributed by atoms with E-state index >= 15 is 0 Å². The van der Waals surface area contributed by atoms with Crippen LogP contribution in [0.3, 0.4) is 0 Å². The number of rotatable bonds is 3. The minimum absolute atomic E-state index is 0.268. The Morgan fingerprint density at radius 2 is 1.83 bits per heavy atom. The van der Waals surface area contributed by atoms with E-state index in [1.165, 1.54) is 31.2 Å². The molecule has 2 nitrogen and oxygen atoms in total. The Hall–Kier alpha value is -0.0600. The second-order valence-corrected chi connectivity index (χ2v) is 6.87. The molecule has 100 valence electrons. The summed E-state index contributed by atoms with van der Waals surface area (Å²) < 4.78 is 1.48. The molecule has 0 amide bonds. The van der Waals surface area contributed by atoms with E-state index in [4.69, 9.17) is 0 Å². The van der Waals surface area contributed by atoms with Crippen molar-refractivity contribution in [3.8, 4) is 5.75 Å². The van der Waals surface area contributed by atoms with E-state index in [9.17, 15) is 5.11 Å². The van der Waals surface area contributed by atoms with Crippen LogP contribution in [0.5, 0.6) is 5.75 Å². The van der Waals surface area contributed by atoms with Crippen molar-refractivity contribution in [2.45, 2.75) is 45.2 Å². The Morgan fingerprint density at radius 3 is 2.44 bits per heavy atom. The summed E-state index contributed by atoms with van der Waals surface area (Å²) >= 11 is 6.73. The standard InChI is InChI=1S/C14H19Br2NO/c1-9-4-2-3-5-13(9)17-8-10-6-11(15)14(18)12(16)7-10/h6-7,9,13,17-18H,2-5,8H2,1H3. The number of hydrogen-bond donors (Lipinski definition) is 2. The van der Waals surface area contributed by atoms with Crippen LogP contribution in [0.15, 0.2) is 21.1 Å². The van der Waals surface area contributed by atoms with Crippen molar-refractivity contribution in [1.29, 1.82) is 0 Å². The Morgan fingerprint density at radius 1 is 1.22 bits per heavy atom. The molecule has 18 heavy (non-hydrogen) atoms. The molecule has 4 heteroatoms. The van der Waals surface area contributed by atoms with Crippen molar-refractivity contribution in [3.63, 3.8) is 0 Å². The first-order valence-corrected chi connectivity index (χ1v) is 8.07. The molecular formula is C14H19Br2NO. The fourth-order valence-electron chi connectivity index (χ4n) is 2.59. The van der Waals surface area contributed by atoms with Gasteiger partial charge in [-0.05, 0) is 68.3 Å². The average Bonchev–Trinajstić information content (AvgIpc) is 2.35. The van der Waals surface area contributed by atoms with Gasteiger partial charge in [0, 0.05) is 12.6 Å². The Balaban J connectivity index is 1.97. The maximum Gasteiger partial charge on any atom is 0.143 e. The highest BCUT2D eigenvalue weighted by atomic mass is 79.9. The fraction of sp³-hybridized carbons (Fsp3) is 0.571. The largest absolute Gasteiger partial charge is 0.506 e. The summed E-state index contributed by atoms with van der Waals surface area (Å²) in [5, 5.41) is 13.3. The van der Waals surface area contributed by atoms with Crippen molar-refractivity contribution in [2.75, 3.05) is 0 Å². The molecule has 0 saturated heterocycles. The lowest BCUT2D eigenvalue weighted by atomic mass is 9.86. The second kappa shape index (κ2) is 6.40. The molecule has 1 aliphatic rings. The average molecular weight is 377 g/mol. The molecule has 2 rings (SSSR count). The van der Waals surface area contributed by atoms with E-state index in [-0.39, 0.29) is 5.75 Å². The zero-order valence-electron chi connectivity index (χ0n) is 10.5. The fourth-order valence-corrected chi connectivity index (χ4v) is 3.87. The monoisotopic (exact) mass is 375 g/mol. The van der Waals surface area contributed by atoms with Crippen molar-refractivity contribution in [1.82, 2.24) is 5.32 Å². The van der Waals surface area contributed by atoms with Crippen LogP contribution in [0.1, 0.15) is 38.2 Å². The first kappa shape index (κ1) is 14.4. The molecule has 0 aliphatic heterocycles. The van der Waals surface area contributed by atoms with E-state index in [1.54, 1.807) is 0 Å². The third kappa shape index (κ3) is 3.49. The lowest BCUT2D eigenvalue weighted by Gasteiger charge is -2.29. The molecule has 2 N–H and O–H groups in total. The summed E-state index contributed by atoms with van der Waals surface area (Å²) in [7, 11) is 0. The van der Waals surface area contributed by atoms with E-state index < -0.39 is 0 Å². The van der Waals surface area contributed by atoms with E-state index in [2.05, 4.69) is 44.1 Å². The Labute approximate surface area is 125 Å². The number of nitrogens with one attached hydrogen (secondary N) is 1. The molecular weight excluding hydrogens is 358 g/mol. The van der Waals surface area contributed by atoms with Gasteiger partial charge < -0.3 is 10.4 Å². The lowest BCUT2D eigenvalue weighted by molar-refractivity contribution is 0.279. The van der Waals surface area contributed by atoms with Crippen molar-refractivity contribution in [3.05, 3.63) is 26.6 Å². The summed E-state index contributed by atoms with van der Waals surface area (Å²) in [6, 6.07) is 4.58. The summed E-state index contributed by atoms with van der Waals surface area (Å²) in [5.41, 5.74) is 1.18. The minimum atomic E-state index is 0.268. The molecule has 1 saturated carbocycles. The van der Waals surface area contributed by atoms with Crippen molar-refractivity contribution in [2.24, 2.45) is 5.92 Å². The number of phenols is 1. The highest BCUT2D eigenvalue weighted by Gasteiger charge is 2.20. The maximum absolute atomic E-state index is 9.68. The maximum atomic E-state index is 9.68. The van der Waals surface area contributed by atoms with Gasteiger partial charge in [0.1, 0.15) is 5.75 Å². The van der Waals surface area contributed by atoms with Crippen LogP contribution in [-0.4, -0.2) is 11.1 Å². The summed E-state index contributed by atoms with van der Waals surface area (Å²) in [6.45, 7) is 3.19. The topological polar surface area (TPSA) is 32.3 Å². The highest BCUT2D eigenvalue weighted by Crippen LogP contribution is 2.33. The molecule has 0 aromatic heterocycles. The SMILES string of the molecule is CC1CCCCC1NCc1cc(Br)c(O)c(Br)c1. The summed E-state index contributed by atoms with van der Waals surface area (Å²) in [4.78, 5) is 0. The van der Waals surface area contributed by atoms with Crippen molar-refractivity contribution < 1.29 is 5.11 Å². The molecule has 1 fully saturated rings. The predicted octanol–water partition coefficient (Wildman–Crippen LogP) is 4.59. The Kier molecular flexibility index (Phi) is 5.10. The molecule has 2 atom stereocenters. The van der Waals surface area contributed by atoms with Crippen LogP contribution in [0.25, 0.3) is 0 Å². The summed E-state index contributed by atoms with van der Waals surface area (Å²) in [6.07, 6.45) is 5.32. The lowest BCUT2D eigenvalue weighted by Crippen LogP contribution is -2.36. The number of benzene rings is 1. The van der Waals surface area contributed by atoms with Gasteiger partial charge in [-0.1, -0.05) is 19.8 Å². The molecule has 1 aromatic rings. The van der Waals surface area contributed by atoms with Gasteiger partial charge in [0.05, 0.1) is 8.95 Å². The number of halogens is 2. The Bertz CT molecular complexity index is 399. The van der Waals surface area contributed by atoms with E-state index in [1.807, 2.05) is 12.1 Å². The molecule has 1 aliphatic carbocycles. The van der Waals surface area contributed by atoms with Gasteiger partial charge in [0.2, 0.25) is 0 Å². The van der Waals surface area contributed by atoms with Crippen LogP contribution in [0.2, 0.25) is 0 Å². The highest BCUT2D eigenvalue weighted by molar-refractivity contribution is 9.11. The van der Waals surface area contributed by atoms with Crippen LogP contribution >= 0.6 is 31.9 Å². The quantitative estimate of drug-likeness (QED) is 0.808. The van der Waals surface area contributed by atoms with Gasteiger partial charge in [-0.3, -0.25) is 0 Å². The summed E-state index contributed by atoms with van der Waals surface area (Å²) in [5.74, 6) is 1.03. The van der Waals surface area contributed by atoms with Gasteiger partial charge in [-0.2, -0.15) is 0 Å². The molecule has 0 spiro atoms. The van der Waals surface area contributed by atoms with Gasteiger partial charge in [-0.15, -0.1) is 0 Å². The van der Waals surface area contributed by atoms with Crippen molar-refractivity contribution >= 4 is 31.9 Å². The first-order valence-electron chi connectivity index (χ1n) is 6.48. The van der Waals surface area contributed by atoms with E-state index in [0.29, 0.717) is 6.04 Å². The zero-order chi connectivity index (χ0) is 13.1.